The summed E-state index contributed by atoms with van der Waals surface area (Å²) in [6.07, 6.45) is 4.30. The minimum absolute atomic E-state index is 0. The summed E-state index contributed by atoms with van der Waals surface area (Å²) < 4.78 is 0. The van der Waals surface area contributed by atoms with Gasteiger partial charge in [-0.3, -0.25) is 9.69 Å². The van der Waals surface area contributed by atoms with Crippen molar-refractivity contribution in [2.45, 2.75) is 38.3 Å². The highest BCUT2D eigenvalue weighted by molar-refractivity contribution is 5.98. The molecule has 2 N–H and O–H groups in total. The first-order valence-corrected chi connectivity index (χ1v) is 8.19. The van der Waals surface area contributed by atoms with Crippen molar-refractivity contribution in [1.82, 2.24) is 15.2 Å². The number of piperidine rings is 3. The second kappa shape index (κ2) is 5.84. The number of rotatable bonds is 2. The number of hydrogen-bond donors (Lipinski definition) is 2. The fourth-order valence-electron chi connectivity index (χ4n) is 4.29. The lowest BCUT2D eigenvalue weighted by Crippen LogP contribution is -2.69. The van der Waals surface area contributed by atoms with Gasteiger partial charge < -0.3 is 10.3 Å². The quantitative estimate of drug-likeness (QED) is 0.886. The van der Waals surface area contributed by atoms with Crippen LogP contribution in [0.4, 0.5) is 0 Å². The maximum absolute atomic E-state index is 12.7. The molecule has 4 nitrogen and oxygen atoms in total. The van der Waals surface area contributed by atoms with Crippen LogP contribution in [0.3, 0.4) is 0 Å². The van der Waals surface area contributed by atoms with Gasteiger partial charge in [-0.25, -0.2) is 0 Å². The van der Waals surface area contributed by atoms with Crippen LogP contribution in [0.5, 0.6) is 0 Å². The average Bonchev–Trinajstić information content (AvgIpc) is 2.98. The minimum Gasteiger partial charge on any atom is -0.361 e. The van der Waals surface area contributed by atoms with Gasteiger partial charge in [0.2, 0.25) is 0 Å². The molecule has 0 spiro atoms. The van der Waals surface area contributed by atoms with E-state index in [1.54, 1.807) is 0 Å². The molecule has 3 aliphatic heterocycles. The van der Waals surface area contributed by atoms with Crippen molar-refractivity contribution in [1.29, 1.82) is 0 Å². The zero-order valence-electron chi connectivity index (χ0n) is 13.6. The highest BCUT2D eigenvalue weighted by Gasteiger charge is 2.48. The van der Waals surface area contributed by atoms with Gasteiger partial charge in [0.1, 0.15) is 0 Å². The largest absolute Gasteiger partial charge is 0.361 e. The standard InChI is InChI=1S/C18H23N3O.ClH/c1-18(2)16(13-6-9-21(18)10-7-13)20-17(22)14-4-3-12-5-8-19-15(12)11-14;/h3-5,8,11,13,16,19H,6-7,9-10H2,1-2H3,(H,20,22);1H. The Hall–Kier alpha value is -1.52. The average molecular weight is 334 g/mol. The van der Waals surface area contributed by atoms with Gasteiger partial charge in [0.25, 0.3) is 5.91 Å². The summed E-state index contributed by atoms with van der Waals surface area (Å²) in [6, 6.07) is 8.12. The molecule has 3 fully saturated rings. The fraction of sp³-hybridized carbons (Fsp3) is 0.500. The monoisotopic (exact) mass is 333 g/mol. The van der Waals surface area contributed by atoms with E-state index in [1.165, 1.54) is 25.9 Å². The smallest absolute Gasteiger partial charge is 0.251 e. The lowest BCUT2D eigenvalue weighted by atomic mass is 9.72. The lowest BCUT2D eigenvalue weighted by Gasteiger charge is -2.56. The van der Waals surface area contributed by atoms with E-state index < -0.39 is 0 Å². The zero-order valence-corrected chi connectivity index (χ0v) is 14.5. The fourth-order valence-corrected chi connectivity index (χ4v) is 4.29. The van der Waals surface area contributed by atoms with Crippen LogP contribution >= 0.6 is 12.4 Å². The number of nitrogens with zero attached hydrogens (tertiary/aromatic N) is 1. The van der Waals surface area contributed by atoms with Crippen LogP contribution in [0.1, 0.15) is 37.0 Å². The maximum Gasteiger partial charge on any atom is 0.251 e. The van der Waals surface area contributed by atoms with E-state index in [9.17, 15) is 4.79 Å². The van der Waals surface area contributed by atoms with E-state index in [0.717, 1.165) is 16.5 Å². The summed E-state index contributed by atoms with van der Waals surface area (Å²) >= 11 is 0. The second-order valence-electron chi connectivity index (χ2n) is 7.21. The summed E-state index contributed by atoms with van der Waals surface area (Å²) in [5.41, 5.74) is 1.80. The van der Waals surface area contributed by atoms with Crippen LogP contribution in [-0.4, -0.2) is 40.5 Å². The molecule has 2 aromatic rings. The zero-order chi connectivity index (χ0) is 15.3. The Kier molecular flexibility index (Phi) is 4.15. The van der Waals surface area contributed by atoms with Crippen molar-refractivity contribution < 1.29 is 4.79 Å². The van der Waals surface area contributed by atoms with Crippen molar-refractivity contribution in [2.24, 2.45) is 5.92 Å². The normalized spacial score (nSPS) is 28.3. The van der Waals surface area contributed by atoms with Crippen LogP contribution in [0.25, 0.3) is 10.9 Å². The molecule has 2 bridgehead atoms. The molecule has 1 amide bonds. The van der Waals surface area contributed by atoms with Crippen LogP contribution in [0.15, 0.2) is 30.5 Å². The summed E-state index contributed by atoms with van der Waals surface area (Å²) in [6.45, 7) is 6.85. The van der Waals surface area contributed by atoms with E-state index in [1.807, 2.05) is 30.5 Å². The molecule has 1 unspecified atom stereocenters. The number of aromatic amines is 1. The number of nitrogens with one attached hydrogen (secondary N) is 2. The molecule has 23 heavy (non-hydrogen) atoms. The Morgan fingerprint density at radius 1 is 1.26 bits per heavy atom. The molecule has 3 saturated heterocycles. The van der Waals surface area contributed by atoms with Crippen LogP contribution in [0, 0.1) is 5.92 Å². The highest BCUT2D eigenvalue weighted by Crippen LogP contribution is 2.39. The first-order chi connectivity index (χ1) is 10.6. The second-order valence-corrected chi connectivity index (χ2v) is 7.21. The van der Waals surface area contributed by atoms with Gasteiger partial charge in [-0.1, -0.05) is 6.07 Å². The number of amides is 1. The molecule has 0 aliphatic carbocycles. The van der Waals surface area contributed by atoms with Gasteiger partial charge in [0, 0.05) is 28.9 Å². The van der Waals surface area contributed by atoms with Gasteiger partial charge in [-0.05, 0) is 69.3 Å². The number of benzene rings is 1. The molecule has 3 aliphatic rings. The van der Waals surface area contributed by atoms with Crippen LogP contribution in [0.2, 0.25) is 0 Å². The Morgan fingerprint density at radius 2 is 2.00 bits per heavy atom. The van der Waals surface area contributed by atoms with Crippen molar-refractivity contribution >= 4 is 29.2 Å². The number of carbonyl (C=O) groups is 1. The van der Waals surface area contributed by atoms with E-state index >= 15 is 0 Å². The van der Waals surface area contributed by atoms with E-state index in [-0.39, 0.29) is 29.9 Å². The molecule has 1 aromatic heterocycles. The maximum atomic E-state index is 12.7. The molecule has 4 heterocycles. The van der Waals surface area contributed by atoms with Crippen molar-refractivity contribution in [3.05, 3.63) is 36.0 Å². The van der Waals surface area contributed by atoms with Gasteiger partial charge in [-0.15, -0.1) is 12.4 Å². The molecule has 5 rings (SSSR count). The molecular formula is C18H24ClN3O. The number of H-pyrrole nitrogens is 1. The Morgan fingerprint density at radius 3 is 2.70 bits per heavy atom. The van der Waals surface area contributed by atoms with Gasteiger partial charge in [0.15, 0.2) is 0 Å². The Balaban J connectivity index is 0.00000156. The van der Waals surface area contributed by atoms with E-state index in [2.05, 4.69) is 29.0 Å². The third-order valence-corrected chi connectivity index (χ3v) is 5.69. The number of halogens is 1. The Bertz CT molecular complexity index is 716. The van der Waals surface area contributed by atoms with E-state index in [4.69, 9.17) is 0 Å². The third kappa shape index (κ3) is 2.64. The molecule has 0 radical (unpaired) electrons. The molecular weight excluding hydrogens is 310 g/mol. The van der Waals surface area contributed by atoms with Crippen LogP contribution < -0.4 is 5.32 Å². The summed E-state index contributed by atoms with van der Waals surface area (Å²) in [7, 11) is 0. The number of carbonyl (C=O) groups excluding carboxylic acids is 1. The predicted octanol–water partition coefficient (Wildman–Crippen LogP) is 3.19. The van der Waals surface area contributed by atoms with Gasteiger partial charge in [0.05, 0.1) is 0 Å². The van der Waals surface area contributed by atoms with Crippen molar-refractivity contribution in [3.63, 3.8) is 0 Å². The summed E-state index contributed by atoms with van der Waals surface area (Å²) in [4.78, 5) is 18.4. The summed E-state index contributed by atoms with van der Waals surface area (Å²) in [5.74, 6) is 0.654. The SMILES string of the molecule is CC1(C)C(NC(=O)c2ccc3cc[nH]c3c2)C2CCN1CC2.Cl. The van der Waals surface area contributed by atoms with Gasteiger partial charge in [-0.2, -0.15) is 0 Å². The molecule has 5 heteroatoms. The molecule has 1 atom stereocenters. The first kappa shape index (κ1) is 16.3. The summed E-state index contributed by atoms with van der Waals surface area (Å²) in [5, 5.41) is 4.46. The van der Waals surface area contributed by atoms with E-state index in [0.29, 0.717) is 5.92 Å². The number of aromatic nitrogens is 1. The number of hydrogen-bond acceptors (Lipinski definition) is 2. The molecule has 124 valence electrons. The van der Waals surface area contributed by atoms with Gasteiger partial charge >= 0.3 is 0 Å². The lowest BCUT2D eigenvalue weighted by molar-refractivity contribution is -0.0378. The van der Waals surface area contributed by atoms with Crippen molar-refractivity contribution in [3.8, 4) is 0 Å². The molecule has 0 saturated carbocycles. The number of fused-ring (bicyclic) bond motifs is 4. The minimum atomic E-state index is 0. The first-order valence-electron chi connectivity index (χ1n) is 8.19. The van der Waals surface area contributed by atoms with Crippen LogP contribution in [-0.2, 0) is 0 Å². The topological polar surface area (TPSA) is 48.1 Å². The highest BCUT2D eigenvalue weighted by atomic mass is 35.5. The Labute approximate surface area is 143 Å². The van der Waals surface area contributed by atoms with Crippen molar-refractivity contribution in [2.75, 3.05) is 13.1 Å². The third-order valence-electron chi connectivity index (χ3n) is 5.69. The molecule has 1 aromatic carbocycles. The predicted molar refractivity (Wildman–Crippen MR) is 95.2 cm³/mol.